The molecule has 112 valence electrons. The van der Waals surface area contributed by atoms with Crippen molar-refractivity contribution in [1.29, 1.82) is 0 Å². The van der Waals surface area contributed by atoms with Gasteiger partial charge in [0.15, 0.2) is 0 Å². The second-order valence-electron chi connectivity index (χ2n) is 6.32. The molecule has 4 nitrogen and oxygen atoms in total. The minimum Gasteiger partial charge on any atom is -0.344 e. The molecule has 4 heteroatoms. The molecule has 1 aromatic rings. The van der Waals surface area contributed by atoms with Crippen LogP contribution < -0.4 is 5.32 Å². The smallest absolute Gasteiger partial charge is 0.245 e. The van der Waals surface area contributed by atoms with Crippen LogP contribution in [0.4, 0.5) is 0 Å². The van der Waals surface area contributed by atoms with E-state index in [-0.39, 0.29) is 11.8 Å². The fourth-order valence-corrected chi connectivity index (χ4v) is 3.33. The average Bonchev–Trinajstić information content (AvgIpc) is 2.57. The maximum absolute atomic E-state index is 12.7. The number of nitrogens with zero attached hydrogens (tertiary/aromatic N) is 1. The van der Waals surface area contributed by atoms with Gasteiger partial charge in [-0.25, -0.2) is 0 Å². The van der Waals surface area contributed by atoms with Crippen molar-refractivity contribution in [3.8, 4) is 0 Å². The molecule has 1 saturated carbocycles. The first kappa shape index (κ1) is 14.1. The van der Waals surface area contributed by atoms with Crippen LogP contribution in [-0.2, 0) is 16.0 Å². The normalized spacial score (nSPS) is 29.6. The summed E-state index contributed by atoms with van der Waals surface area (Å²) in [5, 5.41) is 2.89. The van der Waals surface area contributed by atoms with E-state index >= 15 is 0 Å². The second kappa shape index (κ2) is 5.88. The van der Waals surface area contributed by atoms with Crippen LogP contribution in [0.5, 0.6) is 0 Å². The number of carbonyl (C=O) groups excluding carboxylic acids is 2. The van der Waals surface area contributed by atoms with Gasteiger partial charge in [-0.05, 0) is 24.3 Å². The van der Waals surface area contributed by atoms with Crippen LogP contribution in [0.25, 0.3) is 0 Å². The van der Waals surface area contributed by atoms with Crippen LogP contribution in [0.1, 0.15) is 31.7 Å². The molecule has 1 aromatic carbocycles. The first-order chi connectivity index (χ1) is 10.1. The molecule has 0 radical (unpaired) electrons. The molecule has 1 aliphatic carbocycles. The Morgan fingerprint density at radius 2 is 1.90 bits per heavy atom. The summed E-state index contributed by atoms with van der Waals surface area (Å²) in [6.45, 7) is 2.77. The molecule has 1 unspecified atom stereocenters. The molecule has 1 atom stereocenters. The monoisotopic (exact) mass is 286 g/mol. The lowest BCUT2D eigenvalue weighted by atomic mass is 9.80. The van der Waals surface area contributed by atoms with Crippen molar-refractivity contribution in [2.75, 3.05) is 6.54 Å². The number of rotatable bonds is 3. The topological polar surface area (TPSA) is 49.4 Å². The van der Waals surface area contributed by atoms with Crippen LogP contribution in [0.15, 0.2) is 30.3 Å². The summed E-state index contributed by atoms with van der Waals surface area (Å²) in [5.74, 6) is 0.767. The van der Waals surface area contributed by atoms with Crippen LogP contribution in [0.3, 0.4) is 0 Å². The highest BCUT2D eigenvalue weighted by atomic mass is 16.2. The van der Waals surface area contributed by atoms with Crippen molar-refractivity contribution in [2.45, 2.75) is 44.7 Å². The third-order valence-corrected chi connectivity index (χ3v) is 4.57. The van der Waals surface area contributed by atoms with E-state index in [0.717, 1.165) is 18.4 Å². The lowest BCUT2D eigenvalue weighted by Crippen LogP contribution is -2.52. The number of carbonyl (C=O) groups is 2. The summed E-state index contributed by atoms with van der Waals surface area (Å²) >= 11 is 0. The summed E-state index contributed by atoms with van der Waals surface area (Å²) in [4.78, 5) is 26.6. The largest absolute Gasteiger partial charge is 0.344 e. The zero-order valence-corrected chi connectivity index (χ0v) is 12.4. The van der Waals surface area contributed by atoms with E-state index < -0.39 is 6.04 Å². The minimum atomic E-state index is -0.418. The Morgan fingerprint density at radius 3 is 2.57 bits per heavy atom. The van der Waals surface area contributed by atoms with E-state index in [4.69, 9.17) is 0 Å². The Labute approximate surface area is 125 Å². The molecular weight excluding hydrogens is 264 g/mol. The molecule has 1 saturated heterocycles. The van der Waals surface area contributed by atoms with E-state index in [0.29, 0.717) is 31.3 Å². The number of nitrogens with one attached hydrogen (secondary N) is 1. The lowest BCUT2D eigenvalue weighted by molar-refractivity contribution is -0.138. The number of amides is 2. The Hall–Kier alpha value is -1.84. The van der Waals surface area contributed by atoms with E-state index in [1.807, 2.05) is 35.2 Å². The zero-order chi connectivity index (χ0) is 14.8. The predicted octanol–water partition coefficient (Wildman–Crippen LogP) is 1.74. The van der Waals surface area contributed by atoms with Crippen molar-refractivity contribution in [2.24, 2.45) is 5.92 Å². The van der Waals surface area contributed by atoms with Crippen LogP contribution in [0, 0.1) is 5.92 Å². The first-order valence-electron chi connectivity index (χ1n) is 7.77. The van der Waals surface area contributed by atoms with Gasteiger partial charge in [0.1, 0.15) is 6.04 Å². The molecule has 2 aliphatic rings. The van der Waals surface area contributed by atoms with Gasteiger partial charge in [0.25, 0.3) is 0 Å². The second-order valence-corrected chi connectivity index (χ2v) is 6.32. The molecule has 0 spiro atoms. The third kappa shape index (κ3) is 3.09. The van der Waals surface area contributed by atoms with Crippen molar-refractivity contribution >= 4 is 11.8 Å². The predicted molar refractivity (Wildman–Crippen MR) is 80.6 cm³/mol. The van der Waals surface area contributed by atoms with Gasteiger partial charge in [0.2, 0.25) is 11.8 Å². The fourth-order valence-electron chi connectivity index (χ4n) is 3.33. The SMILES string of the molecule is CC1CC(N2CCC(=O)NC(Cc3ccccc3)C2=O)C1. The molecular formula is C17H22N2O2. The molecule has 3 rings (SSSR count). The minimum absolute atomic E-state index is 0.0147. The Balaban J connectivity index is 1.74. The standard InChI is InChI=1S/C17H22N2O2/c1-12-9-14(10-12)19-8-7-16(20)18-15(17(19)21)11-13-5-3-2-4-6-13/h2-6,12,14-15H,7-11H2,1H3,(H,18,20). The summed E-state index contributed by atoms with van der Waals surface area (Å²) in [6, 6.07) is 9.80. The molecule has 21 heavy (non-hydrogen) atoms. The van der Waals surface area contributed by atoms with Gasteiger partial charge in [-0.3, -0.25) is 9.59 Å². The Morgan fingerprint density at radius 1 is 1.19 bits per heavy atom. The quantitative estimate of drug-likeness (QED) is 0.920. The van der Waals surface area contributed by atoms with Crippen LogP contribution in [-0.4, -0.2) is 35.3 Å². The lowest BCUT2D eigenvalue weighted by Gasteiger charge is -2.41. The van der Waals surface area contributed by atoms with E-state index in [1.54, 1.807) is 0 Å². The van der Waals surface area contributed by atoms with E-state index in [2.05, 4.69) is 12.2 Å². The summed E-state index contributed by atoms with van der Waals surface area (Å²) < 4.78 is 0. The van der Waals surface area contributed by atoms with Crippen molar-refractivity contribution in [1.82, 2.24) is 10.2 Å². The summed E-state index contributed by atoms with van der Waals surface area (Å²) in [6.07, 6.45) is 3.13. The van der Waals surface area contributed by atoms with Crippen LogP contribution in [0.2, 0.25) is 0 Å². The van der Waals surface area contributed by atoms with Gasteiger partial charge >= 0.3 is 0 Å². The molecule has 2 amide bonds. The first-order valence-corrected chi connectivity index (χ1v) is 7.77. The van der Waals surface area contributed by atoms with Crippen LogP contribution >= 0.6 is 0 Å². The number of benzene rings is 1. The molecule has 1 N–H and O–H groups in total. The molecule has 0 bridgehead atoms. The molecule has 0 aromatic heterocycles. The summed E-state index contributed by atoms with van der Waals surface area (Å²) in [5.41, 5.74) is 1.08. The van der Waals surface area contributed by atoms with Crippen molar-refractivity contribution in [3.05, 3.63) is 35.9 Å². The maximum Gasteiger partial charge on any atom is 0.245 e. The molecule has 2 fully saturated rings. The highest BCUT2D eigenvalue weighted by Gasteiger charge is 2.38. The molecule has 1 aliphatic heterocycles. The van der Waals surface area contributed by atoms with Gasteiger partial charge in [0, 0.05) is 25.4 Å². The Kier molecular flexibility index (Phi) is 3.95. The van der Waals surface area contributed by atoms with Crippen molar-refractivity contribution < 1.29 is 9.59 Å². The number of hydrogen-bond donors (Lipinski definition) is 1. The van der Waals surface area contributed by atoms with E-state index in [1.165, 1.54) is 0 Å². The maximum atomic E-state index is 12.7. The van der Waals surface area contributed by atoms with Gasteiger partial charge < -0.3 is 10.2 Å². The fraction of sp³-hybridized carbons (Fsp3) is 0.529. The highest BCUT2D eigenvalue weighted by Crippen LogP contribution is 2.32. The highest BCUT2D eigenvalue weighted by molar-refractivity contribution is 5.90. The average molecular weight is 286 g/mol. The summed E-state index contributed by atoms with van der Waals surface area (Å²) in [7, 11) is 0. The van der Waals surface area contributed by atoms with Gasteiger partial charge in [-0.2, -0.15) is 0 Å². The van der Waals surface area contributed by atoms with Gasteiger partial charge in [-0.15, -0.1) is 0 Å². The third-order valence-electron chi connectivity index (χ3n) is 4.57. The zero-order valence-electron chi connectivity index (χ0n) is 12.4. The molecule has 1 heterocycles. The Bertz CT molecular complexity index is 523. The number of hydrogen-bond acceptors (Lipinski definition) is 2. The van der Waals surface area contributed by atoms with E-state index in [9.17, 15) is 9.59 Å². The van der Waals surface area contributed by atoms with Gasteiger partial charge in [-0.1, -0.05) is 37.3 Å². The van der Waals surface area contributed by atoms with Crippen molar-refractivity contribution in [3.63, 3.8) is 0 Å². The van der Waals surface area contributed by atoms with Gasteiger partial charge in [0.05, 0.1) is 0 Å².